The summed E-state index contributed by atoms with van der Waals surface area (Å²) in [5, 5.41) is 3.90. The molecule has 1 aromatic carbocycles. The summed E-state index contributed by atoms with van der Waals surface area (Å²) in [6, 6.07) is 11.2. The number of nitrogens with zero attached hydrogens (tertiary/aromatic N) is 2. The van der Waals surface area contributed by atoms with Gasteiger partial charge in [0.1, 0.15) is 12.3 Å². The zero-order chi connectivity index (χ0) is 19.5. The fourth-order valence-corrected chi connectivity index (χ4v) is 4.00. The average molecular weight is 382 g/mol. The monoisotopic (exact) mass is 382 g/mol. The van der Waals surface area contributed by atoms with Gasteiger partial charge in [-0.15, -0.1) is 0 Å². The molecule has 2 heterocycles. The Morgan fingerprint density at radius 1 is 1.11 bits per heavy atom. The molecule has 2 aliphatic rings. The Kier molecular flexibility index (Phi) is 5.23. The van der Waals surface area contributed by atoms with Crippen molar-refractivity contribution in [1.82, 2.24) is 10.1 Å². The second kappa shape index (κ2) is 7.96. The molecule has 2 aromatic rings. The van der Waals surface area contributed by atoms with Gasteiger partial charge in [0.25, 0.3) is 0 Å². The Bertz CT molecular complexity index is 852. The molecule has 0 unspecified atom stereocenters. The predicted octanol–water partition coefficient (Wildman–Crippen LogP) is 2.95. The van der Waals surface area contributed by atoms with E-state index in [1.54, 1.807) is 6.07 Å². The standard InChI is InChI=1S/C21H22N2O5/c24-19(10-11-23-20(25)16-8-4-5-9-17(16)21(23)26)27-13-15-12-18(28-22-15)14-6-2-1-3-7-14/h1-3,6-7,12,16-17H,4-5,8-11,13H2/t16-,17-/m1/s1. The number of hydrogen-bond donors (Lipinski definition) is 0. The topological polar surface area (TPSA) is 89.7 Å². The molecule has 2 amide bonds. The summed E-state index contributed by atoms with van der Waals surface area (Å²) >= 11 is 0. The van der Waals surface area contributed by atoms with Crippen LogP contribution in [-0.4, -0.2) is 34.4 Å². The molecule has 1 aromatic heterocycles. The van der Waals surface area contributed by atoms with Crippen LogP contribution in [0.5, 0.6) is 0 Å². The van der Waals surface area contributed by atoms with Gasteiger partial charge in [-0.25, -0.2) is 0 Å². The minimum absolute atomic E-state index is 0.0116. The molecule has 28 heavy (non-hydrogen) atoms. The van der Waals surface area contributed by atoms with E-state index in [1.165, 1.54) is 4.90 Å². The summed E-state index contributed by atoms with van der Waals surface area (Å²) in [6.07, 6.45) is 3.50. The first-order valence-corrected chi connectivity index (χ1v) is 9.65. The number of hydrogen-bond acceptors (Lipinski definition) is 6. The van der Waals surface area contributed by atoms with Gasteiger partial charge in [0.2, 0.25) is 11.8 Å². The molecular weight excluding hydrogens is 360 g/mol. The lowest BCUT2D eigenvalue weighted by molar-refractivity contribution is -0.146. The fourth-order valence-electron chi connectivity index (χ4n) is 4.00. The Morgan fingerprint density at radius 2 is 1.79 bits per heavy atom. The number of carbonyl (C=O) groups excluding carboxylic acids is 3. The van der Waals surface area contributed by atoms with Crippen LogP contribution < -0.4 is 0 Å². The summed E-state index contributed by atoms with van der Waals surface area (Å²) in [4.78, 5) is 38.1. The minimum Gasteiger partial charge on any atom is -0.459 e. The third kappa shape index (κ3) is 3.69. The maximum absolute atomic E-state index is 12.4. The van der Waals surface area contributed by atoms with Crippen molar-refractivity contribution in [3.8, 4) is 11.3 Å². The molecule has 1 aliphatic heterocycles. The maximum Gasteiger partial charge on any atom is 0.307 e. The molecule has 0 bridgehead atoms. The number of ether oxygens (including phenoxy) is 1. The molecular formula is C21H22N2O5. The number of benzene rings is 1. The van der Waals surface area contributed by atoms with Crippen LogP contribution in [0.3, 0.4) is 0 Å². The lowest BCUT2D eigenvalue weighted by Crippen LogP contribution is -2.33. The van der Waals surface area contributed by atoms with Crippen LogP contribution in [-0.2, 0) is 25.7 Å². The van der Waals surface area contributed by atoms with Crippen LogP contribution >= 0.6 is 0 Å². The van der Waals surface area contributed by atoms with Crippen molar-refractivity contribution in [3.63, 3.8) is 0 Å². The van der Waals surface area contributed by atoms with Gasteiger partial charge in [0.05, 0.1) is 18.3 Å². The summed E-state index contributed by atoms with van der Waals surface area (Å²) < 4.78 is 10.5. The van der Waals surface area contributed by atoms with Crippen molar-refractivity contribution in [2.24, 2.45) is 11.8 Å². The van der Waals surface area contributed by atoms with Crippen LogP contribution in [0, 0.1) is 11.8 Å². The highest BCUT2D eigenvalue weighted by molar-refractivity contribution is 6.05. The number of imide groups is 1. The third-order valence-corrected chi connectivity index (χ3v) is 5.47. The number of fused-ring (bicyclic) bond motifs is 1. The van der Waals surface area contributed by atoms with Crippen LogP contribution in [0.25, 0.3) is 11.3 Å². The number of carbonyl (C=O) groups is 3. The Hall–Kier alpha value is -2.96. The van der Waals surface area contributed by atoms with Gasteiger partial charge in [0, 0.05) is 18.2 Å². The number of rotatable bonds is 6. The van der Waals surface area contributed by atoms with Crippen molar-refractivity contribution in [2.45, 2.75) is 38.7 Å². The summed E-state index contributed by atoms with van der Waals surface area (Å²) in [5.74, 6) is -0.520. The molecule has 1 saturated heterocycles. The third-order valence-electron chi connectivity index (χ3n) is 5.47. The lowest BCUT2D eigenvalue weighted by Gasteiger charge is -2.19. The lowest BCUT2D eigenvalue weighted by atomic mass is 9.81. The number of esters is 1. The molecule has 0 radical (unpaired) electrons. The maximum atomic E-state index is 12.4. The van der Waals surface area contributed by atoms with Gasteiger partial charge < -0.3 is 9.26 Å². The number of aromatic nitrogens is 1. The second-order valence-corrected chi connectivity index (χ2v) is 7.28. The van der Waals surface area contributed by atoms with E-state index in [4.69, 9.17) is 9.26 Å². The molecule has 2 fully saturated rings. The molecule has 0 spiro atoms. The van der Waals surface area contributed by atoms with Gasteiger partial charge in [-0.05, 0) is 12.8 Å². The van der Waals surface area contributed by atoms with E-state index in [-0.39, 0.29) is 43.2 Å². The highest BCUT2D eigenvalue weighted by atomic mass is 16.5. The Balaban J connectivity index is 1.27. The van der Waals surface area contributed by atoms with E-state index in [2.05, 4.69) is 5.16 Å². The van der Waals surface area contributed by atoms with E-state index in [9.17, 15) is 14.4 Å². The van der Waals surface area contributed by atoms with E-state index in [0.29, 0.717) is 11.5 Å². The number of amides is 2. The average Bonchev–Trinajstić information content (AvgIpc) is 3.30. The normalized spacial score (nSPS) is 21.6. The van der Waals surface area contributed by atoms with E-state index < -0.39 is 5.97 Å². The van der Waals surface area contributed by atoms with Crippen molar-refractivity contribution in [2.75, 3.05) is 6.54 Å². The summed E-state index contributed by atoms with van der Waals surface area (Å²) in [5.41, 5.74) is 1.40. The Morgan fingerprint density at radius 3 is 2.46 bits per heavy atom. The molecule has 146 valence electrons. The van der Waals surface area contributed by atoms with Gasteiger partial charge in [0.15, 0.2) is 5.76 Å². The van der Waals surface area contributed by atoms with E-state index in [1.807, 2.05) is 30.3 Å². The molecule has 7 heteroatoms. The second-order valence-electron chi connectivity index (χ2n) is 7.28. The van der Waals surface area contributed by atoms with Gasteiger partial charge in [-0.1, -0.05) is 48.3 Å². The minimum atomic E-state index is -0.472. The molecule has 2 atom stereocenters. The first kappa shape index (κ1) is 18.4. The fraction of sp³-hybridized carbons (Fsp3) is 0.429. The van der Waals surface area contributed by atoms with E-state index in [0.717, 1.165) is 31.2 Å². The van der Waals surface area contributed by atoms with Crippen LogP contribution in [0.2, 0.25) is 0 Å². The first-order valence-electron chi connectivity index (χ1n) is 9.65. The van der Waals surface area contributed by atoms with Gasteiger partial charge in [-0.2, -0.15) is 0 Å². The van der Waals surface area contributed by atoms with Crippen LogP contribution in [0.1, 0.15) is 37.8 Å². The van der Waals surface area contributed by atoms with Crippen molar-refractivity contribution in [1.29, 1.82) is 0 Å². The van der Waals surface area contributed by atoms with Crippen molar-refractivity contribution < 1.29 is 23.6 Å². The number of likely N-dealkylation sites (tertiary alicyclic amines) is 1. The SMILES string of the molecule is O=C(CCN1C(=O)[C@@H]2CCCC[C@H]2C1=O)OCc1cc(-c2ccccc2)on1. The Labute approximate surface area is 162 Å². The highest BCUT2D eigenvalue weighted by Gasteiger charge is 2.47. The quantitative estimate of drug-likeness (QED) is 0.564. The van der Waals surface area contributed by atoms with Crippen molar-refractivity contribution >= 4 is 17.8 Å². The smallest absolute Gasteiger partial charge is 0.307 e. The highest BCUT2D eigenvalue weighted by Crippen LogP contribution is 2.38. The molecule has 0 N–H and O–H groups in total. The van der Waals surface area contributed by atoms with Crippen LogP contribution in [0.15, 0.2) is 40.9 Å². The zero-order valence-corrected chi connectivity index (χ0v) is 15.5. The zero-order valence-electron chi connectivity index (χ0n) is 15.5. The molecule has 1 aliphatic carbocycles. The predicted molar refractivity (Wildman–Crippen MR) is 98.5 cm³/mol. The molecule has 7 nitrogen and oxygen atoms in total. The van der Waals surface area contributed by atoms with Gasteiger partial charge in [-0.3, -0.25) is 19.3 Å². The van der Waals surface area contributed by atoms with Gasteiger partial charge >= 0.3 is 5.97 Å². The molecule has 4 rings (SSSR count). The van der Waals surface area contributed by atoms with Crippen molar-refractivity contribution in [3.05, 3.63) is 42.1 Å². The largest absolute Gasteiger partial charge is 0.459 e. The first-order chi connectivity index (χ1) is 13.6. The van der Waals surface area contributed by atoms with E-state index >= 15 is 0 Å². The summed E-state index contributed by atoms with van der Waals surface area (Å²) in [6.45, 7) is 0.0693. The summed E-state index contributed by atoms with van der Waals surface area (Å²) in [7, 11) is 0. The van der Waals surface area contributed by atoms with Crippen LogP contribution in [0.4, 0.5) is 0 Å². The molecule has 1 saturated carbocycles.